The third kappa shape index (κ3) is 2.51. The Labute approximate surface area is 114 Å². The molecule has 1 fully saturated rings. The summed E-state index contributed by atoms with van der Waals surface area (Å²) in [5.74, 6) is 0. The summed E-state index contributed by atoms with van der Waals surface area (Å²) in [6.45, 7) is 2.89. The molecule has 0 radical (unpaired) electrons. The van der Waals surface area contributed by atoms with E-state index in [1.807, 2.05) is 0 Å². The van der Waals surface area contributed by atoms with Gasteiger partial charge in [0, 0.05) is 13.1 Å². The molecular formula is C15H22N4. The van der Waals surface area contributed by atoms with Crippen LogP contribution in [0.1, 0.15) is 24.8 Å². The number of benzene rings is 1. The van der Waals surface area contributed by atoms with E-state index in [0.717, 1.165) is 30.7 Å². The van der Waals surface area contributed by atoms with Crippen LogP contribution in [0.2, 0.25) is 0 Å². The van der Waals surface area contributed by atoms with Gasteiger partial charge in [-0.3, -0.25) is 0 Å². The molecule has 0 atom stereocenters. The summed E-state index contributed by atoms with van der Waals surface area (Å²) >= 11 is 0. The van der Waals surface area contributed by atoms with E-state index < -0.39 is 0 Å². The molecule has 102 valence electrons. The predicted molar refractivity (Wildman–Crippen MR) is 77.8 cm³/mol. The van der Waals surface area contributed by atoms with E-state index in [-0.39, 0.29) is 0 Å². The number of imidazole rings is 1. The van der Waals surface area contributed by atoms with E-state index in [1.165, 1.54) is 24.8 Å². The van der Waals surface area contributed by atoms with E-state index in [9.17, 15) is 0 Å². The molecular weight excluding hydrogens is 236 g/mol. The summed E-state index contributed by atoms with van der Waals surface area (Å²) in [6.07, 6.45) is 5.65. The fourth-order valence-electron chi connectivity index (χ4n) is 3.12. The molecule has 0 saturated heterocycles. The Bertz CT molecular complexity index is 551. The van der Waals surface area contributed by atoms with E-state index >= 15 is 0 Å². The van der Waals surface area contributed by atoms with Gasteiger partial charge in [-0.25, -0.2) is 4.98 Å². The van der Waals surface area contributed by atoms with Crippen molar-refractivity contribution in [2.75, 3.05) is 20.1 Å². The molecule has 3 rings (SSSR count). The predicted octanol–water partition coefficient (Wildman–Crippen LogP) is 2.12. The van der Waals surface area contributed by atoms with Crippen LogP contribution in [0.3, 0.4) is 0 Å². The van der Waals surface area contributed by atoms with Gasteiger partial charge in [-0.15, -0.1) is 0 Å². The monoisotopic (exact) mass is 258 g/mol. The lowest BCUT2D eigenvalue weighted by molar-refractivity contribution is 0.0845. The van der Waals surface area contributed by atoms with Gasteiger partial charge in [-0.05, 0) is 49.5 Å². The lowest BCUT2D eigenvalue weighted by Gasteiger charge is -2.43. The molecule has 0 spiro atoms. The summed E-state index contributed by atoms with van der Waals surface area (Å²) in [7, 11) is 2.19. The van der Waals surface area contributed by atoms with E-state index in [2.05, 4.69) is 40.1 Å². The van der Waals surface area contributed by atoms with Crippen LogP contribution in [0.5, 0.6) is 0 Å². The maximum Gasteiger partial charge on any atom is 0.0931 e. The van der Waals surface area contributed by atoms with Crippen molar-refractivity contribution in [3.8, 4) is 0 Å². The third-order valence-electron chi connectivity index (χ3n) is 4.39. The second-order valence-electron chi connectivity index (χ2n) is 5.98. The average molecular weight is 258 g/mol. The van der Waals surface area contributed by atoms with Crippen molar-refractivity contribution in [3.05, 3.63) is 30.1 Å². The number of H-pyrrole nitrogens is 1. The zero-order valence-electron chi connectivity index (χ0n) is 11.5. The third-order valence-corrected chi connectivity index (χ3v) is 4.39. The largest absolute Gasteiger partial charge is 0.345 e. The van der Waals surface area contributed by atoms with Gasteiger partial charge in [-0.2, -0.15) is 0 Å². The molecule has 0 aliphatic heterocycles. The Kier molecular flexibility index (Phi) is 3.29. The molecule has 1 aliphatic carbocycles. The number of rotatable bonds is 5. The highest BCUT2D eigenvalue weighted by Gasteiger charge is 2.36. The smallest absolute Gasteiger partial charge is 0.0931 e. The minimum Gasteiger partial charge on any atom is -0.345 e. The number of nitrogens with zero attached hydrogens (tertiary/aromatic N) is 2. The van der Waals surface area contributed by atoms with Crippen molar-refractivity contribution in [1.29, 1.82) is 0 Å². The van der Waals surface area contributed by atoms with Gasteiger partial charge in [0.15, 0.2) is 0 Å². The van der Waals surface area contributed by atoms with Crippen LogP contribution >= 0.6 is 0 Å². The van der Waals surface area contributed by atoms with Crippen molar-refractivity contribution in [3.63, 3.8) is 0 Å². The lowest BCUT2D eigenvalue weighted by Crippen LogP contribution is -2.45. The number of hydrogen-bond donors (Lipinski definition) is 2. The first-order valence-corrected chi connectivity index (χ1v) is 7.01. The zero-order valence-corrected chi connectivity index (χ0v) is 11.5. The van der Waals surface area contributed by atoms with Gasteiger partial charge in [0.1, 0.15) is 0 Å². The molecule has 1 saturated carbocycles. The van der Waals surface area contributed by atoms with Crippen molar-refractivity contribution in [2.45, 2.75) is 25.8 Å². The van der Waals surface area contributed by atoms with Gasteiger partial charge in [0.05, 0.1) is 17.4 Å². The van der Waals surface area contributed by atoms with Crippen LogP contribution in [0.25, 0.3) is 11.0 Å². The highest BCUT2D eigenvalue weighted by atomic mass is 15.1. The fraction of sp³-hybridized carbons (Fsp3) is 0.533. The summed E-state index contributed by atoms with van der Waals surface area (Å²) < 4.78 is 0. The van der Waals surface area contributed by atoms with Crippen LogP contribution < -0.4 is 5.73 Å². The van der Waals surface area contributed by atoms with Gasteiger partial charge in [-0.1, -0.05) is 12.5 Å². The second-order valence-corrected chi connectivity index (χ2v) is 5.98. The first-order chi connectivity index (χ1) is 9.21. The Morgan fingerprint density at radius 2 is 2.26 bits per heavy atom. The Hall–Kier alpha value is -1.39. The van der Waals surface area contributed by atoms with E-state index in [4.69, 9.17) is 5.73 Å². The van der Waals surface area contributed by atoms with E-state index in [0.29, 0.717) is 5.41 Å². The quantitative estimate of drug-likeness (QED) is 0.863. The lowest BCUT2D eigenvalue weighted by atomic mass is 9.68. The van der Waals surface area contributed by atoms with Crippen molar-refractivity contribution < 1.29 is 0 Å². The number of aromatic amines is 1. The minimum absolute atomic E-state index is 0.382. The first-order valence-electron chi connectivity index (χ1n) is 7.01. The summed E-state index contributed by atoms with van der Waals surface area (Å²) in [5.41, 5.74) is 9.78. The molecule has 0 bridgehead atoms. The van der Waals surface area contributed by atoms with Crippen LogP contribution in [0.4, 0.5) is 0 Å². The Balaban J connectivity index is 1.66. The second kappa shape index (κ2) is 4.94. The molecule has 19 heavy (non-hydrogen) atoms. The maximum absolute atomic E-state index is 5.93. The van der Waals surface area contributed by atoms with Crippen LogP contribution in [0.15, 0.2) is 24.5 Å². The molecule has 1 aromatic heterocycles. The molecule has 1 aliphatic rings. The van der Waals surface area contributed by atoms with Gasteiger partial charge in [0.25, 0.3) is 0 Å². The van der Waals surface area contributed by atoms with Crippen LogP contribution in [-0.4, -0.2) is 35.0 Å². The number of aromatic nitrogens is 2. The molecule has 0 unspecified atom stereocenters. The molecule has 3 N–H and O–H groups in total. The van der Waals surface area contributed by atoms with Gasteiger partial charge in [0.2, 0.25) is 0 Å². The SMILES string of the molecule is CN(Cc1ccc2nc[nH]c2c1)CC1(CN)CCC1. The zero-order chi connectivity index (χ0) is 13.3. The maximum atomic E-state index is 5.93. The van der Waals surface area contributed by atoms with Gasteiger partial charge < -0.3 is 15.6 Å². The Morgan fingerprint density at radius 3 is 2.95 bits per heavy atom. The van der Waals surface area contributed by atoms with Crippen molar-refractivity contribution >= 4 is 11.0 Å². The number of hydrogen-bond acceptors (Lipinski definition) is 3. The topological polar surface area (TPSA) is 57.9 Å². The summed E-state index contributed by atoms with van der Waals surface area (Å²) in [5, 5.41) is 0. The molecule has 1 aromatic carbocycles. The van der Waals surface area contributed by atoms with Crippen molar-refractivity contribution in [1.82, 2.24) is 14.9 Å². The minimum atomic E-state index is 0.382. The van der Waals surface area contributed by atoms with E-state index in [1.54, 1.807) is 6.33 Å². The van der Waals surface area contributed by atoms with Gasteiger partial charge >= 0.3 is 0 Å². The average Bonchev–Trinajstić information content (AvgIpc) is 2.81. The van der Waals surface area contributed by atoms with Crippen molar-refractivity contribution in [2.24, 2.45) is 11.1 Å². The first kappa shape index (κ1) is 12.6. The molecule has 0 amide bonds. The standard InChI is InChI=1S/C15H22N4/c1-19(10-15(9-16)5-2-6-15)8-12-3-4-13-14(7-12)18-11-17-13/h3-4,7,11H,2,5-6,8-10,16H2,1H3,(H,17,18). The summed E-state index contributed by atoms with van der Waals surface area (Å²) in [6, 6.07) is 6.43. The normalized spacial score (nSPS) is 17.8. The number of fused-ring (bicyclic) bond motifs is 1. The molecule has 4 heteroatoms. The molecule has 4 nitrogen and oxygen atoms in total. The highest BCUT2D eigenvalue weighted by molar-refractivity contribution is 5.74. The highest BCUT2D eigenvalue weighted by Crippen LogP contribution is 2.40. The van der Waals surface area contributed by atoms with Crippen LogP contribution in [-0.2, 0) is 6.54 Å². The number of nitrogens with two attached hydrogens (primary N) is 1. The Morgan fingerprint density at radius 1 is 1.42 bits per heavy atom. The number of nitrogens with one attached hydrogen (secondary N) is 1. The molecule has 2 aromatic rings. The summed E-state index contributed by atoms with van der Waals surface area (Å²) in [4.78, 5) is 9.81. The fourth-order valence-corrected chi connectivity index (χ4v) is 3.12. The molecule has 1 heterocycles. The van der Waals surface area contributed by atoms with Crippen LogP contribution in [0, 0.1) is 5.41 Å².